The van der Waals surface area contributed by atoms with E-state index in [9.17, 15) is 0 Å². The standard InChI is InChI=1S/C19H19FN6/c1-11-24-16(17-19(25-11)22-9-21-17)12-7-14(20)18-15(8-12)23-10-26(18)13-5-3-2-4-6-13/h7-10,13H,2-6H2,1H3,(H,21,22,24,25). The molecular weight excluding hydrogens is 331 g/mol. The van der Waals surface area contributed by atoms with Gasteiger partial charge in [0.25, 0.3) is 0 Å². The number of nitrogens with zero attached hydrogens (tertiary/aromatic N) is 5. The predicted octanol–water partition coefficient (Wildman–Crippen LogP) is 4.32. The molecule has 1 saturated carbocycles. The number of H-pyrrole nitrogens is 1. The average Bonchev–Trinajstić information content (AvgIpc) is 3.28. The molecular formula is C19H19FN6. The summed E-state index contributed by atoms with van der Waals surface area (Å²) in [5.74, 6) is 0.345. The van der Waals surface area contributed by atoms with Crippen molar-refractivity contribution in [3.8, 4) is 11.3 Å². The molecule has 0 unspecified atom stereocenters. The quantitative estimate of drug-likeness (QED) is 0.584. The van der Waals surface area contributed by atoms with Crippen LogP contribution in [-0.2, 0) is 0 Å². The van der Waals surface area contributed by atoms with Gasteiger partial charge in [-0.1, -0.05) is 19.3 Å². The molecule has 1 aromatic carbocycles. The van der Waals surface area contributed by atoms with Crippen LogP contribution in [0.3, 0.4) is 0 Å². The summed E-state index contributed by atoms with van der Waals surface area (Å²) in [6, 6.07) is 3.79. The van der Waals surface area contributed by atoms with Gasteiger partial charge in [-0.2, -0.15) is 0 Å². The van der Waals surface area contributed by atoms with Crippen molar-refractivity contribution in [1.29, 1.82) is 0 Å². The number of aryl methyl sites for hydroxylation is 1. The van der Waals surface area contributed by atoms with Crippen LogP contribution in [0.1, 0.15) is 44.0 Å². The second-order valence-electron chi connectivity index (χ2n) is 6.99. The number of nitrogens with one attached hydrogen (secondary N) is 1. The highest BCUT2D eigenvalue weighted by molar-refractivity contribution is 5.90. The van der Waals surface area contributed by atoms with Crippen LogP contribution >= 0.6 is 0 Å². The van der Waals surface area contributed by atoms with Gasteiger partial charge in [-0.25, -0.2) is 24.3 Å². The molecule has 132 valence electrons. The minimum absolute atomic E-state index is 0.260. The van der Waals surface area contributed by atoms with Gasteiger partial charge in [0.1, 0.15) is 22.7 Å². The molecule has 0 radical (unpaired) electrons. The van der Waals surface area contributed by atoms with Crippen molar-refractivity contribution in [1.82, 2.24) is 29.5 Å². The molecule has 0 aliphatic heterocycles. The highest BCUT2D eigenvalue weighted by Gasteiger charge is 2.21. The van der Waals surface area contributed by atoms with Crippen LogP contribution in [0.5, 0.6) is 0 Å². The molecule has 1 N–H and O–H groups in total. The molecule has 7 heteroatoms. The van der Waals surface area contributed by atoms with Gasteiger partial charge in [0, 0.05) is 11.6 Å². The van der Waals surface area contributed by atoms with Crippen molar-refractivity contribution < 1.29 is 4.39 Å². The number of imidazole rings is 2. The number of rotatable bonds is 2. The van der Waals surface area contributed by atoms with E-state index in [1.54, 1.807) is 18.7 Å². The number of aromatic nitrogens is 6. The number of hydrogen-bond acceptors (Lipinski definition) is 4. The molecule has 1 aliphatic rings. The van der Waals surface area contributed by atoms with Crippen LogP contribution in [0.4, 0.5) is 4.39 Å². The zero-order chi connectivity index (χ0) is 17.7. The number of fused-ring (bicyclic) bond motifs is 2. The van der Waals surface area contributed by atoms with Gasteiger partial charge >= 0.3 is 0 Å². The van der Waals surface area contributed by atoms with Crippen LogP contribution in [0.2, 0.25) is 0 Å². The van der Waals surface area contributed by atoms with Crippen LogP contribution in [-0.4, -0.2) is 29.5 Å². The van der Waals surface area contributed by atoms with E-state index < -0.39 is 0 Å². The summed E-state index contributed by atoms with van der Waals surface area (Å²) in [4.78, 5) is 20.5. The molecule has 1 fully saturated rings. The smallest absolute Gasteiger partial charge is 0.181 e. The first-order valence-corrected chi connectivity index (χ1v) is 9.05. The number of aromatic amines is 1. The fourth-order valence-corrected chi connectivity index (χ4v) is 4.04. The summed E-state index contributed by atoms with van der Waals surface area (Å²) in [6.07, 6.45) is 9.20. The molecule has 3 heterocycles. The van der Waals surface area contributed by atoms with Gasteiger partial charge < -0.3 is 9.55 Å². The molecule has 3 aromatic heterocycles. The highest BCUT2D eigenvalue weighted by atomic mass is 19.1. The largest absolute Gasteiger partial charge is 0.341 e. The molecule has 26 heavy (non-hydrogen) atoms. The molecule has 0 bridgehead atoms. The van der Waals surface area contributed by atoms with Gasteiger partial charge in [-0.15, -0.1) is 0 Å². The minimum Gasteiger partial charge on any atom is -0.341 e. The SMILES string of the molecule is Cc1nc(-c2cc(F)c3c(c2)ncn3C2CCCCC2)c2[nH]cnc2n1. The number of benzene rings is 1. The van der Waals surface area contributed by atoms with E-state index in [4.69, 9.17) is 0 Å². The van der Waals surface area contributed by atoms with Gasteiger partial charge in [0.15, 0.2) is 5.65 Å². The third-order valence-corrected chi connectivity index (χ3v) is 5.26. The summed E-state index contributed by atoms with van der Waals surface area (Å²) in [5, 5.41) is 0. The topological polar surface area (TPSA) is 72.3 Å². The van der Waals surface area contributed by atoms with Gasteiger partial charge in [-0.05, 0) is 31.9 Å². The first-order valence-electron chi connectivity index (χ1n) is 9.05. The maximum Gasteiger partial charge on any atom is 0.181 e. The molecule has 0 saturated heterocycles. The molecule has 1 aliphatic carbocycles. The van der Waals surface area contributed by atoms with Gasteiger partial charge in [-0.3, -0.25) is 0 Å². The van der Waals surface area contributed by atoms with Crippen molar-refractivity contribution in [2.75, 3.05) is 0 Å². The highest BCUT2D eigenvalue weighted by Crippen LogP contribution is 2.34. The lowest BCUT2D eigenvalue weighted by Gasteiger charge is -2.23. The van der Waals surface area contributed by atoms with E-state index in [1.807, 2.05) is 17.6 Å². The Labute approximate surface area is 149 Å². The van der Waals surface area contributed by atoms with E-state index in [-0.39, 0.29) is 5.82 Å². The Kier molecular flexibility index (Phi) is 3.48. The van der Waals surface area contributed by atoms with Crippen LogP contribution < -0.4 is 0 Å². The molecule has 5 rings (SSSR count). The molecule has 6 nitrogen and oxygen atoms in total. The Morgan fingerprint density at radius 3 is 2.81 bits per heavy atom. The summed E-state index contributed by atoms with van der Waals surface area (Å²) in [6.45, 7) is 1.81. The Morgan fingerprint density at radius 2 is 1.96 bits per heavy atom. The molecule has 0 spiro atoms. The van der Waals surface area contributed by atoms with Crippen molar-refractivity contribution in [3.05, 3.63) is 36.4 Å². The van der Waals surface area contributed by atoms with Gasteiger partial charge in [0.05, 0.1) is 23.9 Å². The Bertz CT molecular complexity index is 1110. The number of halogens is 1. The Hall–Kier alpha value is -2.83. The van der Waals surface area contributed by atoms with E-state index in [0.717, 1.165) is 12.8 Å². The maximum absolute atomic E-state index is 15.1. The summed E-state index contributed by atoms with van der Waals surface area (Å²) < 4.78 is 17.1. The minimum atomic E-state index is -0.260. The summed E-state index contributed by atoms with van der Waals surface area (Å²) >= 11 is 0. The Morgan fingerprint density at radius 1 is 1.12 bits per heavy atom. The van der Waals surface area contributed by atoms with Crippen LogP contribution in [0.15, 0.2) is 24.8 Å². The van der Waals surface area contributed by atoms with Gasteiger partial charge in [0.2, 0.25) is 0 Å². The average molecular weight is 350 g/mol. The lowest BCUT2D eigenvalue weighted by atomic mass is 9.95. The van der Waals surface area contributed by atoms with Crippen molar-refractivity contribution in [2.24, 2.45) is 0 Å². The van der Waals surface area contributed by atoms with E-state index >= 15 is 4.39 Å². The fraction of sp³-hybridized carbons (Fsp3) is 0.368. The van der Waals surface area contributed by atoms with Crippen molar-refractivity contribution in [2.45, 2.75) is 45.1 Å². The molecule has 4 aromatic rings. The molecule has 0 atom stereocenters. The van der Waals surface area contributed by atoms with Crippen molar-refractivity contribution >= 4 is 22.2 Å². The second kappa shape index (κ2) is 5.86. The first kappa shape index (κ1) is 15.4. The van der Waals surface area contributed by atoms with E-state index in [2.05, 4.69) is 24.9 Å². The molecule has 0 amide bonds. The maximum atomic E-state index is 15.1. The van der Waals surface area contributed by atoms with Crippen LogP contribution in [0, 0.1) is 12.7 Å². The second-order valence-corrected chi connectivity index (χ2v) is 6.99. The number of hydrogen-bond donors (Lipinski definition) is 1. The van der Waals surface area contributed by atoms with E-state index in [1.165, 1.54) is 19.3 Å². The lowest BCUT2D eigenvalue weighted by molar-refractivity contribution is 0.358. The third kappa shape index (κ3) is 2.38. The normalized spacial score (nSPS) is 15.9. The third-order valence-electron chi connectivity index (χ3n) is 5.26. The zero-order valence-corrected chi connectivity index (χ0v) is 14.5. The zero-order valence-electron chi connectivity index (χ0n) is 14.5. The van der Waals surface area contributed by atoms with Crippen molar-refractivity contribution in [3.63, 3.8) is 0 Å². The Balaban J connectivity index is 1.67. The lowest BCUT2D eigenvalue weighted by Crippen LogP contribution is -2.12. The first-order chi connectivity index (χ1) is 12.7. The fourth-order valence-electron chi connectivity index (χ4n) is 4.04. The predicted molar refractivity (Wildman–Crippen MR) is 97.2 cm³/mol. The van der Waals surface area contributed by atoms with Crippen LogP contribution in [0.25, 0.3) is 33.5 Å². The summed E-state index contributed by atoms with van der Waals surface area (Å²) in [5.41, 5.74) is 3.88. The monoisotopic (exact) mass is 350 g/mol. The van der Waals surface area contributed by atoms with E-state index in [0.29, 0.717) is 45.3 Å². The summed E-state index contributed by atoms with van der Waals surface area (Å²) in [7, 11) is 0.